The normalized spacial score (nSPS) is 15.8. The fraction of sp³-hybridized carbons (Fsp3) is 0.304. The number of anilines is 2. The zero-order valence-electron chi connectivity index (χ0n) is 18.7. The standard InChI is InChI=1S/C23H19F5N6O2/c1-13(24)21(35)34-10-9-33(11-14(34)5-7-29)20-15-6-8-32(12-17(15)30-22(36)31-20)18-4-2-3-16(25)19(18)23(26,27)28/h2-4,11H,1,5-6,8-10,12H2,(H,30,31,36). The number of carbonyl (C=O) groups is 1. The number of nitriles is 1. The highest BCUT2D eigenvalue weighted by atomic mass is 19.4. The van der Waals surface area contributed by atoms with Crippen LogP contribution in [-0.4, -0.2) is 40.4 Å². The first-order chi connectivity index (χ1) is 17.0. The Bertz CT molecular complexity index is 1360. The molecule has 1 N–H and O–H groups in total. The molecular weight excluding hydrogens is 487 g/mol. The number of H-pyrrole nitrogens is 1. The number of allylic oxidation sites excluding steroid dienone is 1. The maximum atomic E-state index is 14.1. The van der Waals surface area contributed by atoms with Crippen molar-refractivity contribution >= 4 is 17.4 Å². The van der Waals surface area contributed by atoms with Gasteiger partial charge in [0.1, 0.15) is 17.2 Å². The average Bonchev–Trinajstić information content (AvgIpc) is 2.81. The molecule has 0 aliphatic carbocycles. The molecule has 8 nitrogen and oxygen atoms in total. The first-order valence-electron chi connectivity index (χ1n) is 10.7. The molecule has 188 valence electrons. The van der Waals surface area contributed by atoms with E-state index in [0.29, 0.717) is 11.3 Å². The van der Waals surface area contributed by atoms with Crippen molar-refractivity contribution < 1.29 is 26.7 Å². The molecule has 0 spiro atoms. The molecule has 4 rings (SSSR count). The zero-order valence-corrected chi connectivity index (χ0v) is 18.7. The van der Waals surface area contributed by atoms with Crippen LogP contribution in [0.4, 0.5) is 33.5 Å². The van der Waals surface area contributed by atoms with Gasteiger partial charge >= 0.3 is 11.9 Å². The smallest absolute Gasteiger partial charge is 0.365 e. The number of carbonyl (C=O) groups excluding carboxylic acids is 1. The first-order valence-corrected chi connectivity index (χ1v) is 10.7. The van der Waals surface area contributed by atoms with Crippen LogP contribution in [0.15, 0.2) is 47.3 Å². The van der Waals surface area contributed by atoms with E-state index in [4.69, 9.17) is 5.26 Å². The van der Waals surface area contributed by atoms with E-state index in [9.17, 15) is 31.5 Å². The molecule has 0 atom stereocenters. The number of alkyl halides is 3. The maximum absolute atomic E-state index is 14.1. The zero-order chi connectivity index (χ0) is 26.2. The van der Waals surface area contributed by atoms with Crippen molar-refractivity contribution in [3.63, 3.8) is 0 Å². The van der Waals surface area contributed by atoms with Gasteiger partial charge in [0.2, 0.25) is 0 Å². The Morgan fingerprint density at radius 3 is 2.67 bits per heavy atom. The number of aromatic amines is 1. The van der Waals surface area contributed by atoms with Crippen LogP contribution in [-0.2, 0) is 23.9 Å². The minimum absolute atomic E-state index is 0.0110. The van der Waals surface area contributed by atoms with Crippen LogP contribution in [0.1, 0.15) is 23.2 Å². The predicted molar refractivity (Wildman–Crippen MR) is 119 cm³/mol. The largest absolute Gasteiger partial charge is 0.421 e. The number of benzene rings is 1. The molecule has 2 aliphatic heterocycles. The molecule has 36 heavy (non-hydrogen) atoms. The van der Waals surface area contributed by atoms with E-state index in [0.717, 1.165) is 11.0 Å². The molecule has 13 heteroatoms. The van der Waals surface area contributed by atoms with Gasteiger partial charge in [0, 0.05) is 37.1 Å². The molecule has 1 aromatic carbocycles. The van der Waals surface area contributed by atoms with E-state index >= 15 is 0 Å². The van der Waals surface area contributed by atoms with E-state index in [1.54, 1.807) is 4.90 Å². The summed E-state index contributed by atoms with van der Waals surface area (Å²) in [7, 11) is 0. The topological polar surface area (TPSA) is 96.3 Å². The molecule has 0 radical (unpaired) electrons. The van der Waals surface area contributed by atoms with Gasteiger partial charge in [-0.1, -0.05) is 12.6 Å². The van der Waals surface area contributed by atoms with Gasteiger partial charge in [0.25, 0.3) is 5.91 Å². The van der Waals surface area contributed by atoms with Crippen LogP contribution >= 0.6 is 0 Å². The van der Waals surface area contributed by atoms with Crippen LogP contribution in [0.25, 0.3) is 0 Å². The van der Waals surface area contributed by atoms with E-state index < -0.39 is 35.0 Å². The van der Waals surface area contributed by atoms with E-state index in [2.05, 4.69) is 16.5 Å². The number of amides is 1. The van der Waals surface area contributed by atoms with Crippen LogP contribution in [0.2, 0.25) is 0 Å². The molecule has 0 unspecified atom stereocenters. The van der Waals surface area contributed by atoms with Crippen molar-refractivity contribution in [2.45, 2.75) is 25.6 Å². The van der Waals surface area contributed by atoms with E-state index in [-0.39, 0.29) is 56.2 Å². The minimum Gasteiger partial charge on any atom is -0.365 e. The van der Waals surface area contributed by atoms with Crippen molar-refractivity contribution in [1.82, 2.24) is 14.9 Å². The molecule has 0 fully saturated rings. The highest BCUT2D eigenvalue weighted by Crippen LogP contribution is 2.40. The molecule has 1 aromatic heterocycles. The fourth-order valence-corrected chi connectivity index (χ4v) is 4.38. The lowest BCUT2D eigenvalue weighted by Crippen LogP contribution is -2.43. The number of halogens is 5. The number of fused-ring (bicyclic) bond motifs is 1. The molecule has 3 heterocycles. The van der Waals surface area contributed by atoms with Crippen LogP contribution in [0.5, 0.6) is 0 Å². The van der Waals surface area contributed by atoms with Gasteiger partial charge in [0.15, 0.2) is 5.83 Å². The highest BCUT2D eigenvalue weighted by Gasteiger charge is 2.39. The number of nitrogens with one attached hydrogen (secondary N) is 1. The van der Waals surface area contributed by atoms with E-state index in [1.165, 1.54) is 23.2 Å². The van der Waals surface area contributed by atoms with Gasteiger partial charge in [-0.2, -0.15) is 23.4 Å². The Morgan fingerprint density at radius 1 is 1.25 bits per heavy atom. The Kier molecular flexibility index (Phi) is 6.53. The lowest BCUT2D eigenvalue weighted by molar-refractivity contribution is -0.139. The number of aromatic nitrogens is 2. The highest BCUT2D eigenvalue weighted by molar-refractivity contribution is 5.92. The van der Waals surface area contributed by atoms with Crippen molar-refractivity contribution in [3.8, 4) is 6.07 Å². The van der Waals surface area contributed by atoms with Gasteiger partial charge in [-0.15, -0.1) is 0 Å². The summed E-state index contributed by atoms with van der Waals surface area (Å²) in [5.74, 6) is -3.35. The Hall–Kier alpha value is -4.21. The molecule has 2 aliphatic rings. The lowest BCUT2D eigenvalue weighted by Gasteiger charge is -2.36. The number of rotatable bonds is 4. The average molecular weight is 506 g/mol. The summed E-state index contributed by atoms with van der Waals surface area (Å²) < 4.78 is 68.2. The second-order valence-electron chi connectivity index (χ2n) is 8.14. The summed E-state index contributed by atoms with van der Waals surface area (Å²) in [4.78, 5) is 35.0. The molecular formula is C23H19F5N6O2. The lowest BCUT2D eigenvalue weighted by atomic mass is 10.0. The molecule has 2 aromatic rings. The quantitative estimate of drug-likeness (QED) is 0.505. The fourth-order valence-electron chi connectivity index (χ4n) is 4.38. The van der Waals surface area contributed by atoms with Gasteiger partial charge in [0.05, 0.1) is 30.4 Å². The van der Waals surface area contributed by atoms with Crippen molar-refractivity contribution in [2.75, 3.05) is 29.4 Å². The summed E-state index contributed by atoms with van der Waals surface area (Å²) in [6, 6.07) is 4.99. The van der Waals surface area contributed by atoms with Crippen molar-refractivity contribution in [1.29, 1.82) is 5.26 Å². The van der Waals surface area contributed by atoms with Crippen LogP contribution < -0.4 is 15.5 Å². The summed E-state index contributed by atoms with van der Waals surface area (Å²) in [6.07, 6.45) is -3.56. The number of nitrogens with zero attached hydrogens (tertiary/aromatic N) is 5. The van der Waals surface area contributed by atoms with Gasteiger partial charge < -0.3 is 19.7 Å². The SMILES string of the molecule is C=C(F)C(=O)N1CCN(c2nc(=O)[nH]c3c2CCN(c2cccc(F)c2C(F)(F)F)C3)C=C1CC#N. The predicted octanol–water partition coefficient (Wildman–Crippen LogP) is 3.38. The van der Waals surface area contributed by atoms with Crippen molar-refractivity contribution in [3.05, 3.63) is 75.6 Å². The van der Waals surface area contributed by atoms with Gasteiger partial charge in [-0.25, -0.2) is 13.6 Å². The Balaban J connectivity index is 1.71. The maximum Gasteiger partial charge on any atom is 0.421 e. The third kappa shape index (κ3) is 4.66. The third-order valence-corrected chi connectivity index (χ3v) is 5.92. The number of hydrogen-bond acceptors (Lipinski definition) is 6. The summed E-state index contributed by atoms with van der Waals surface area (Å²) >= 11 is 0. The summed E-state index contributed by atoms with van der Waals surface area (Å²) in [5.41, 5.74) is -1.45. The third-order valence-electron chi connectivity index (χ3n) is 5.92. The van der Waals surface area contributed by atoms with Crippen LogP contribution in [0.3, 0.4) is 0 Å². The molecule has 1 amide bonds. The summed E-state index contributed by atoms with van der Waals surface area (Å²) in [5, 5.41) is 9.14. The monoisotopic (exact) mass is 506 g/mol. The minimum atomic E-state index is -4.91. The Labute approximate surface area is 201 Å². The van der Waals surface area contributed by atoms with Gasteiger partial charge in [-0.3, -0.25) is 4.79 Å². The second kappa shape index (κ2) is 9.44. The number of hydrogen-bond donors (Lipinski definition) is 1. The van der Waals surface area contributed by atoms with E-state index in [1.807, 2.05) is 6.07 Å². The van der Waals surface area contributed by atoms with Gasteiger partial charge in [-0.05, 0) is 18.6 Å². The van der Waals surface area contributed by atoms with Crippen molar-refractivity contribution in [2.24, 2.45) is 0 Å². The molecule has 0 saturated carbocycles. The second-order valence-corrected chi connectivity index (χ2v) is 8.14. The first kappa shape index (κ1) is 24.9. The Morgan fingerprint density at radius 2 is 2.00 bits per heavy atom. The summed E-state index contributed by atoms with van der Waals surface area (Å²) in [6.45, 7) is 3.04. The van der Waals surface area contributed by atoms with Crippen LogP contribution in [0, 0.1) is 17.1 Å². The molecule has 0 bridgehead atoms. The molecule has 0 saturated heterocycles.